The van der Waals surface area contributed by atoms with Gasteiger partial charge in [0.1, 0.15) is 22.7 Å². The second kappa shape index (κ2) is 11.2. The summed E-state index contributed by atoms with van der Waals surface area (Å²) in [6, 6.07) is 71.3. The molecule has 0 N–H and O–H groups in total. The van der Waals surface area contributed by atoms with Crippen molar-refractivity contribution in [2.75, 3.05) is 0 Å². The van der Waals surface area contributed by atoms with E-state index in [-0.39, 0.29) is 0 Å². The zero-order valence-electron chi connectivity index (χ0n) is 31.8. The Hall–Kier alpha value is -7.68. The van der Waals surface area contributed by atoms with E-state index in [4.69, 9.17) is 9.15 Å². The third-order valence-corrected chi connectivity index (χ3v) is 13.5. The van der Waals surface area contributed by atoms with Crippen LogP contribution in [0.1, 0.15) is 22.3 Å². The monoisotopic (exact) mass is 748 g/mol. The van der Waals surface area contributed by atoms with Crippen LogP contribution in [0.3, 0.4) is 0 Å². The van der Waals surface area contributed by atoms with E-state index < -0.39 is 5.41 Å². The number of ether oxygens (including phenoxy) is 1. The number of rotatable bonds is 2. The molecule has 2 aliphatic carbocycles. The van der Waals surface area contributed by atoms with E-state index in [1.807, 2.05) is 12.1 Å². The van der Waals surface area contributed by atoms with Gasteiger partial charge in [0.05, 0.1) is 5.41 Å². The van der Waals surface area contributed by atoms with Crippen LogP contribution < -0.4 is 4.74 Å². The van der Waals surface area contributed by atoms with Crippen molar-refractivity contribution >= 4 is 43.5 Å². The lowest BCUT2D eigenvalue weighted by Gasteiger charge is -2.40. The molecule has 2 nitrogen and oxygen atoms in total. The Balaban J connectivity index is 1.01. The smallest absolute Gasteiger partial charge is 0.136 e. The molecule has 1 atom stereocenters. The summed E-state index contributed by atoms with van der Waals surface area (Å²) in [4.78, 5) is 0. The molecule has 0 saturated heterocycles. The molecular weight excluding hydrogens is 717 g/mol. The van der Waals surface area contributed by atoms with Gasteiger partial charge in [-0.15, -0.1) is 0 Å². The van der Waals surface area contributed by atoms with Crippen molar-refractivity contribution in [2.45, 2.75) is 5.41 Å². The molecule has 0 radical (unpaired) electrons. The third kappa shape index (κ3) is 3.91. The molecule has 14 rings (SSSR count). The molecule has 1 aromatic heterocycles. The fourth-order valence-corrected chi connectivity index (χ4v) is 11.3. The number of benzene rings is 10. The molecule has 1 unspecified atom stereocenters. The van der Waals surface area contributed by atoms with Gasteiger partial charge in [0.2, 0.25) is 0 Å². The van der Waals surface area contributed by atoms with E-state index in [0.29, 0.717) is 0 Å². The Morgan fingerprint density at radius 1 is 0.322 bits per heavy atom. The lowest BCUT2D eigenvalue weighted by Crippen LogP contribution is -2.31. The van der Waals surface area contributed by atoms with Crippen molar-refractivity contribution in [3.8, 4) is 67.1 Å². The Bertz CT molecular complexity index is 3650. The molecule has 2 heteroatoms. The lowest BCUT2D eigenvalue weighted by molar-refractivity contribution is 0.487. The molecule has 0 bridgehead atoms. The highest BCUT2D eigenvalue weighted by molar-refractivity contribution is 6.15. The van der Waals surface area contributed by atoms with E-state index in [1.54, 1.807) is 0 Å². The topological polar surface area (TPSA) is 22.4 Å². The van der Waals surface area contributed by atoms with Gasteiger partial charge < -0.3 is 9.15 Å². The zero-order chi connectivity index (χ0) is 38.4. The van der Waals surface area contributed by atoms with Gasteiger partial charge >= 0.3 is 0 Å². The Labute approximate surface area is 340 Å². The first-order chi connectivity index (χ1) is 29.3. The number of para-hydroxylation sites is 1. The summed E-state index contributed by atoms with van der Waals surface area (Å²) < 4.78 is 13.1. The third-order valence-electron chi connectivity index (χ3n) is 13.5. The van der Waals surface area contributed by atoms with Crippen molar-refractivity contribution in [3.05, 3.63) is 216 Å². The molecule has 0 amide bonds. The minimum Gasteiger partial charge on any atom is -0.456 e. The Morgan fingerprint density at radius 2 is 0.932 bits per heavy atom. The second-order valence-electron chi connectivity index (χ2n) is 16.2. The van der Waals surface area contributed by atoms with E-state index >= 15 is 0 Å². The van der Waals surface area contributed by atoms with Gasteiger partial charge in [-0.3, -0.25) is 0 Å². The number of furan rings is 1. The summed E-state index contributed by atoms with van der Waals surface area (Å²) >= 11 is 0. The number of hydrogen-bond acceptors (Lipinski definition) is 2. The van der Waals surface area contributed by atoms with Crippen molar-refractivity contribution in [1.82, 2.24) is 0 Å². The average molecular weight is 749 g/mol. The first-order valence-electron chi connectivity index (χ1n) is 20.4. The minimum atomic E-state index is -0.472. The first-order valence-corrected chi connectivity index (χ1v) is 20.4. The van der Waals surface area contributed by atoms with Crippen molar-refractivity contribution < 1.29 is 9.15 Å². The van der Waals surface area contributed by atoms with Gasteiger partial charge in [0, 0.05) is 21.7 Å². The summed E-state index contributed by atoms with van der Waals surface area (Å²) in [6.07, 6.45) is 0. The molecule has 1 aliphatic heterocycles. The van der Waals surface area contributed by atoms with Crippen molar-refractivity contribution in [1.29, 1.82) is 0 Å². The zero-order valence-corrected chi connectivity index (χ0v) is 31.8. The van der Waals surface area contributed by atoms with Crippen LogP contribution in [0.25, 0.3) is 99.1 Å². The molecule has 0 fully saturated rings. The van der Waals surface area contributed by atoms with Crippen LogP contribution in [-0.4, -0.2) is 0 Å². The molecule has 2 heterocycles. The van der Waals surface area contributed by atoms with E-state index in [0.717, 1.165) is 55.5 Å². The van der Waals surface area contributed by atoms with Crippen LogP contribution in [0.5, 0.6) is 11.5 Å². The Kier molecular flexibility index (Phi) is 5.99. The summed E-state index contributed by atoms with van der Waals surface area (Å²) in [7, 11) is 0. The fourth-order valence-electron chi connectivity index (χ4n) is 11.3. The van der Waals surface area contributed by atoms with Crippen LogP contribution in [0.15, 0.2) is 199 Å². The molecule has 3 aliphatic rings. The van der Waals surface area contributed by atoms with Crippen LogP contribution in [0.2, 0.25) is 0 Å². The summed E-state index contributed by atoms with van der Waals surface area (Å²) in [5.74, 6) is 1.75. The maximum atomic E-state index is 6.80. The quantitative estimate of drug-likeness (QED) is 0.176. The largest absolute Gasteiger partial charge is 0.456 e. The van der Waals surface area contributed by atoms with Gasteiger partial charge in [-0.2, -0.15) is 0 Å². The molecule has 0 saturated carbocycles. The van der Waals surface area contributed by atoms with Gasteiger partial charge in [0.15, 0.2) is 0 Å². The van der Waals surface area contributed by atoms with Gasteiger partial charge in [0.25, 0.3) is 0 Å². The first kappa shape index (κ1) is 31.4. The number of fused-ring (bicyclic) bond motifs is 14. The van der Waals surface area contributed by atoms with E-state index in [9.17, 15) is 0 Å². The minimum absolute atomic E-state index is 0.472. The summed E-state index contributed by atoms with van der Waals surface area (Å²) in [5.41, 5.74) is 18.9. The van der Waals surface area contributed by atoms with Crippen LogP contribution in [0.4, 0.5) is 0 Å². The predicted molar refractivity (Wildman–Crippen MR) is 241 cm³/mol. The lowest BCUT2D eigenvalue weighted by atomic mass is 9.61. The van der Waals surface area contributed by atoms with Crippen molar-refractivity contribution in [3.63, 3.8) is 0 Å². The molecule has 10 aromatic carbocycles. The molecule has 1 spiro atoms. The summed E-state index contributed by atoms with van der Waals surface area (Å²) in [5, 5.41) is 7.20. The highest BCUT2D eigenvalue weighted by atomic mass is 16.5. The van der Waals surface area contributed by atoms with E-state index in [1.165, 1.54) is 77.4 Å². The van der Waals surface area contributed by atoms with Gasteiger partial charge in [-0.25, -0.2) is 0 Å². The molecular formula is C57H32O2. The molecule has 11 aromatic rings. The molecule has 272 valence electrons. The van der Waals surface area contributed by atoms with Gasteiger partial charge in [-0.05, 0) is 119 Å². The van der Waals surface area contributed by atoms with Crippen molar-refractivity contribution in [2.24, 2.45) is 0 Å². The highest BCUT2D eigenvalue weighted by Gasteiger charge is 2.50. The fraction of sp³-hybridized carbons (Fsp3) is 0.0175. The Morgan fingerprint density at radius 3 is 1.85 bits per heavy atom. The normalized spacial score (nSPS) is 15.3. The maximum Gasteiger partial charge on any atom is 0.136 e. The SMILES string of the molecule is c1ccc2c(c1)-c1c(-c3ccc4c5c(cccc35)-c3cc(-c5cccc6oc7ccccc7c56)ccc3O4)cccc1C21c2ccccc2-c2cccc3cccc1c23. The predicted octanol–water partition coefficient (Wildman–Crippen LogP) is 15.3. The number of hydrogen-bond donors (Lipinski definition) is 0. The van der Waals surface area contributed by atoms with Crippen LogP contribution in [0, 0.1) is 0 Å². The standard InChI is InChI=1S/C57H32O2/c1-4-22-45-37(14-1)40-18-7-12-33-13-8-24-47(53(33)40)57(45)46-23-5-2-15-42(46)54-38(21-10-25-48(54)57)36-29-31-52-56-39(36)19-9-20-41(56)44-32-34(28-30-50(44)59-52)35-17-11-27-51-55(35)43-16-3-6-26-49(43)58-51/h1-32H. The average Bonchev–Trinajstić information content (AvgIpc) is 3.83. The second-order valence-corrected chi connectivity index (χ2v) is 16.2. The van der Waals surface area contributed by atoms with E-state index in [2.05, 4.69) is 182 Å². The summed E-state index contributed by atoms with van der Waals surface area (Å²) in [6.45, 7) is 0. The highest BCUT2D eigenvalue weighted by Crippen LogP contribution is 2.63. The maximum absolute atomic E-state index is 6.80. The van der Waals surface area contributed by atoms with Gasteiger partial charge in [-0.1, -0.05) is 164 Å². The van der Waals surface area contributed by atoms with Crippen LogP contribution >= 0.6 is 0 Å². The van der Waals surface area contributed by atoms with Crippen LogP contribution in [-0.2, 0) is 5.41 Å². The molecule has 59 heavy (non-hydrogen) atoms.